The lowest BCUT2D eigenvalue weighted by Crippen LogP contribution is -2.44. The molecule has 3 nitrogen and oxygen atoms in total. The number of amides is 1. The van der Waals surface area contributed by atoms with Crippen LogP contribution in [0.4, 0.5) is 0 Å². The Balaban J connectivity index is 2.43. The molecule has 0 aliphatic carbocycles. The van der Waals surface area contributed by atoms with Gasteiger partial charge in [-0.3, -0.25) is 4.79 Å². The van der Waals surface area contributed by atoms with E-state index >= 15 is 0 Å². The highest BCUT2D eigenvalue weighted by Gasteiger charge is 2.30. The molecule has 0 saturated carbocycles. The smallest absolute Gasteiger partial charge is 0.225 e. The first-order chi connectivity index (χ1) is 6.92. The zero-order valence-corrected chi connectivity index (χ0v) is 10.4. The van der Waals surface area contributed by atoms with Crippen molar-refractivity contribution in [2.24, 2.45) is 11.3 Å². The van der Waals surface area contributed by atoms with Gasteiger partial charge in [0.2, 0.25) is 5.91 Å². The van der Waals surface area contributed by atoms with Gasteiger partial charge in [-0.1, -0.05) is 27.7 Å². The topological polar surface area (TPSA) is 41.1 Å². The second-order valence-electron chi connectivity index (χ2n) is 5.65. The molecule has 3 heteroatoms. The van der Waals surface area contributed by atoms with Crippen LogP contribution in [0.2, 0.25) is 0 Å². The summed E-state index contributed by atoms with van der Waals surface area (Å²) in [5, 5.41) is 6.38. The van der Waals surface area contributed by atoms with Crippen molar-refractivity contribution < 1.29 is 4.79 Å². The molecule has 1 atom stereocenters. The third-order valence-electron chi connectivity index (χ3n) is 2.93. The average Bonchev–Trinajstić information content (AvgIpc) is 2.54. The molecule has 15 heavy (non-hydrogen) atoms. The highest BCUT2D eigenvalue weighted by Crippen LogP contribution is 2.25. The van der Waals surface area contributed by atoms with E-state index in [2.05, 4.69) is 24.5 Å². The van der Waals surface area contributed by atoms with Crippen molar-refractivity contribution >= 4 is 5.91 Å². The summed E-state index contributed by atoms with van der Waals surface area (Å²) in [6.45, 7) is 10.3. The number of nitrogens with one attached hydrogen (secondary N) is 2. The second-order valence-corrected chi connectivity index (χ2v) is 5.65. The summed E-state index contributed by atoms with van der Waals surface area (Å²) in [4.78, 5) is 12.0. The minimum Gasteiger partial charge on any atom is -0.352 e. The molecule has 1 rings (SSSR count). The van der Waals surface area contributed by atoms with Crippen LogP contribution < -0.4 is 10.6 Å². The predicted molar refractivity (Wildman–Crippen MR) is 62.7 cm³/mol. The van der Waals surface area contributed by atoms with Crippen LogP contribution in [0, 0.1) is 11.3 Å². The van der Waals surface area contributed by atoms with Gasteiger partial charge in [0, 0.05) is 18.0 Å². The van der Waals surface area contributed by atoms with Crippen molar-refractivity contribution in [3.8, 4) is 0 Å². The molecule has 0 bridgehead atoms. The maximum absolute atomic E-state index is 12.0. The predicted octanol–water partition coefficient (Wildman–Crippen LogP) is 1.54. The van der Waals surface area contributed by atoms with Crippen molar-refractivity contribution in [1.82, 2.24) is 10.6 Å². The number of hydrogen-bond donors (Lipinski definition) is 2. The Labute approximate surface area is 93.0 Å². The van der Waals surface area contributed by atoms with Gasteiger partial charge in [0.25, 0.3) is 0 Å². The van der Waals surface area contributed by atoms with E-state index in [1.165, 1.54) is 0 Å². The molecule has 1 heterocycles. The zero-order chi connectivity index (χ0) is 11.5. The highest BCUT2D eigenvalue weighted by atomic mass is 16.2. The Bertz CT molecular complexity index is 218. The van der Waals surface area contributed by atoms with Gasteiger partial charge < -0.3 is 10.6 Å². The van der Waals surface area contributed by atoms with Gasteiger partial charge in [0.15, 0.2) is 0 Å². The van der Waals surface area contributed by atoms with Crippen LogP contribution in [-0.4, -0.2) is 25.0 Å². The molecular weight excluding hydrogens is 188 g/mol. The summed E-state index contributed by atoms with van der Waals surface area (Å²) in [5.74, 6) is 0.761. The normalized spacial score (nSPS) is 22.1. The monoisotopic (exact) mass is 212 g/mol. The maximum atomic E-state index is 12.0. The molecule has 0 aromatic carbocycles. The summed E-state index contributed by atoms with van der Waals surface area (Å²) in [6, 6.07) is 0.337. The van der Waals surface area contributed by atoms with Crippen LogP contribution in [0.3, 0.4) is 0 Å². The van der Waals surface area contributed by atoms with Gasteiger partial charge in [0.05, 0.1) is 0 Å². The first-order valence-corrected chi connectivity index (χ1v) is 5.93. The van der Waals surface area contributed by atoms with Crippen molar-refractivity contribution in [3.05, 3.63) is 0 Å². The van der Waals surface area contributed by atoms with E-state index < -0.39 is 0 Å². The fraction of sp³-hybridized carbons (Fsp3) is 0.917. The molecule has 1 amide bonds. The van der Waals surface area contributed by atoms with Crippen molar-refractivity contribution in [1.29, 1.82) is 0 Å². The third-order valence-corrected chi connectivity index (χ3v) is 2.93. The quantitative estimate of drug-likeness (QED) is 0.742. The SMILES string of the molecule is CC(C)CC(C)(C)C(=O)NC1CCNC1. The molecule has 1 unspecified atom stereocenters. The van der Waals surface area contributed by atoms with Crippen LogP contribution in [0.1, 0.15) is 40.5 Å². The largest absolute Gasteiger partial charge is 0.352 e. The summed E-state index contributed by atoms with van der Waals surface area (Å²) < 4.78 is 0. The molecule has 0 aromatic rings. The van der Waals surface area contributed by atoms with E-state index in [0.717, 1.165) is 25.9 Å². The van der Waals surface area contributed by atoms with Crippen molar-refractivity contribution in [2.45, 2.75) is 46.6 Å². The fourth-order valence-corrected chi connectivity index (χ4v) is 2.27. The van der Waals surface area contributed by atoms with E-state index in [0.29, 0.717) is 12.0 Å². The van der Waals surface area contributed by atoms with Crippen LogP contribution in [0.15, 0.2) is 0 Å². The Morgan fingerprint density at radius 1 is 1.53 bits per heavy atom. The standard InChI is InChI=1S/C12H24N2O/c1-9(2)7-12(3,4)11(15)14-10-5-6-13-8-10/h9-10,13H,5-8H2,1-4H3,(H,14,15). The van der Waals surface area contributed by atoms with Crippen LogP contribution >= 0.6 is 0 Å². The molecule has 1 aliphatic heterocycles. The molecule has 1 aliphatic rings. The van der Waals surface area contributed by atoms with E-state index in [9.17, 15) is 4.79 Å². The fourth-order valence-electron chi connectivity index (χ4n) is 2.27. The van der Waals surface area contributed by atoms with Gasteiger partial charge in [0.1, 0.15) is 0 Å². The third kappa shape index (κ3) is 3.82. The number of carbonyl (C=O) groups is 1. The molecule has 0 aromatic heterocycles. The minimum atomic E-state index is -0.239. The van der Waals surface area contributed by atoms with E-state index in [1.54, 1.807) is 0 Å². The Hall–Kier alpha value is -0.570. The van der Waals surface area contributed by atoms with E-state index in [-0.39, 0.29) is 11.3 Å². The molecule has 2 N–H and O–H groups in total. The average molecular weight is 212 g/mol. The number of rotatable bonds is 4. The molecule has 1 fully saturated rings. The Morgan fingerprint density at radius 2 is 2.20 bits per heavy atom. The minimum absolute atomic E-state index is 0.199. The van der Waals surface area contributed by atoms with Crippen LogP contribution in [0.5, 0.6) is 0 Å². The first-order valence-electron chi connectivity index (χ1n) is 5.93. The first kappa shape index (κ1) is 12.5. The van der Waals surface area contributed by atoms with E-state index in [4.69, 9.17) is 0 Å². The van der Waals surface area contributed by atoms with Gasteiger partial charge >= 0.3 is 0 Å². The summed E-state index contributed by atoms with van der Waals surface area (Å²) >= 11 is 0. The van der Waals surface area contributed by atoms with Crippen LogP contribution in [0.25, 0.3) is 0 Å². The Kier molecular flexibility index (Phi) is 4.14. The lowest BCUT2D eigenvalue weighted by atomic mass is 9.83. The molecule has 0 spiro atoms. The van der Waals surface area contributed by atoms with Gasteiger partial charge in [-0.25, -0.2) is 0 Å². The molecule has 0 radical (unpaired) electrons. The summed E-state index contributed by atoms with van der Waals surface area (Å²) in [5.41, 5.74) is -0.239. The molecular formula is C12H24N2O. The second kappa shape index (κ2) is 4.97. The van der Waals surface area contributed by atoms with E-state index in [1.807, 2.05) is 13.8 Å². The van der Waals surface area contributed by atoms with Crippen molar-refractivity contribution in [3.63, 3.8) is 0 Å². The maximum Gasteiger partial charge on any atom is 0.225 e. The number of carbonyl (C=O) groups excluding carboxylic acids is 1. The van der Waals surface area contributed by atoms with Gasteiger partial charge in [-0.2, -0.15) is 0 Å². The Morgan fingerprint density at radius 3 is 2.67 bits per heavy atom. The molecule has 88 valence electrons. The zero-order valence-electron chi connectivity index (χ0n) is 10.4. The van der Waals surface area contributed by atoms with Gasteiger partial charge in [-0.15, -0.1) is 0 Å². The summed E-state index contributed by atoms with van der Waals surface area (Å²) in [7, 11) is 0. The lowest BCUT2D eigenvalue weighted by Gasteiger charge is -2.27. The van der Waals surface area contributed by atoms with Gasteiger partial charge in [-0.05, 0) is 25.3 Å². The number of hydrogen-bond acceptors (Lipinski definition) is 2. The summed E-state index contributed by atoms with van der Waals surface area (Å²) in [6.07, 6.45) is 2.00. The van der Waals surface area contributed by atoms with Crippen molar-refractivity contribution in [2.75, 3.05) is 13.1 Å². The molecule has 1 saturated heterocycles. The van der Waals surface area contributed by atoms with Crippen LogP contribution in [-0.2, 0) is 4.79 Å². The lowest BCUT2D eigenvalue weighted by molar-refractivity contribution is -0.130. The highest BCUT2D eigenvalue weighted by molar-refractivity contribution is 5.82.